The molecule has 0 radical (unpaired) electrons. The van der Waals surface area contributed by atoms with Crippen LogP contribution in [0.4, 0.5) is 0 Å². The fourth-order valence-corrected chi connectivity index (χ4v) is 4.13. The molecule has 0 aliphatic carbocycles. The highest BCUT2D eigenvalue weighted by atomic mass is 32.1. The zero-order valence-electron chi connectivity index (χ0n) is 14.7. The first-order chi connectivity index (χ1) is 12.0. The molecule has 2 N–H and O–H groups in total. The highest BCUT2D eigenvalue weighted by molar-refractivity contribution is 7.15. The van der Waals surface area contributed by atoms with Crippen LogP contribution in [0.5, 0.6) is 0 Å². The molecule has 0 unspecified atom stereocenters. The van der Waals surface area contributed by atoms with E-state index in [9.17, 15) is 9.59 Å². The van der Waals surface area contributed by atoms with Crippen molar-refractivity contribution in [1.29, 1.82) is 0 Å². The fraction of sp³-hybridized carbons (Fsp3) is 0.667. The summed E-state index contributed by atoms with van der Waals surface area (Å²) >= 11 is 1.21. The summed E-state index contributed by atoms with van der Waals surface area (Å²) in [6.07, 6.45) is 4.19. The molecule has 2 fully saturated rings. The van der Waals surface area contributed by atoms with Gasteiger partial charge in [0.25, 0.3) is 11.8 Å². The Morgan fingerprint density at radius 3 is 1.76 bits per heavy atom. The maximum absolute atomic E-state index is 12.4. The molecule has 4 atom stereocenters. The van der Waals surface area contributed by atoms with Crippen LogP contribution in [0.3, 0.4) is 0 Å². The van der Waals surface area contributed by atoms with E-state index < -0.39 is 0 Å². The van der Waals surface area contributed by atoms with Gasteiger partial charge in [-0.1, -0.05) is 0 Å². The van der Waals surface area contributed by atoms with Crippen molar-refractivity contribution in [2.45, 2.75) is 63.8 Å². The largest absolute Gasteiger partial charge is 0.376 e. The topological polar surface area (TPSA) is 76.7 Å². The Labute approximate surface area is 152 Å². The Hall–Kier alpha value is -1.44. The molecule has 0 bridgehead atoms. The third kappa shape index (κ3) is 4.59. The molecular formula is C18H26N2O4S. The third-order valence-electron chi connectivity index (χ3n) is 4.82. The number of carbonyl (C=O) groups excluding carboxylic acids is 2. The van der Waals surface area contributed by atoms with E-state index in [4.69, 9.17) is 9.47 Å². The lowest BCUT2D eigenvalue weighted by Crippen LogP contribution is -2.40. The molecule has 2 amide bonds. The molecule has 0 aromatic carbocycles. The molecule has 2 saturated heterocycles. The van der Waals surface area contributed by atoms with E-state index in [1.165, 1.54) is 11.3 Å². The first-order valence-corrected chi connectivity index (χ1v) is 9.81. The number of hydrogen-bond donors (Lipinski definition) is 2. The van der Waals surface area contributed by atoms with Crippen molar-refractivity contribution in [3.63, 3.8) is 0 Å². The van der Waals surface area contributed by atoms with Gasteiger partial charge in [0, 0.05) is 13.2 Å². The average molecular weight is 366 g/mol. The van der Waals surface area contributed by atoms with Crippen molar-refractivity contribution in [1.82, 2.24) is 10.6 Å². The van der Waals surface area contributed by atoms with E-state index in [2.05, 4.69) is 10.6 Å². The number of rotatable bonds is 6. The average Bonchev–Trinajstić information content (AvgIpc) is 3.36. The van der Waals surface area contributed by atoms with Crippen LogP contribution in [0.1, 0.15) is 58.9 Å². The number of thiophene rings is 1. The van der Waals surface area contributed by atoms with E-state index in [0.717, 1.165) is 38.9 Å². The van der Waals surface area contributed by atoms with E-state index in [1.54, 1.807) is 12.1 Å². The van der Waals surface area contributed by atoms with Gasteiger partial charge in [-0.05, 0) is 51.7 Å². The molecule has 2 aliphatic rings. The highest BCUT2D eigenvalue weighted by Gasteiger charge is 2.26. The van der Waals surface area contributed by atoms with Crippen LogP contribution < -0.4 is 10.6 Å². The van der Waals surface area contributed by atoms with Gasteiger partial charge in [0.05, 0.1) is 34.0 Å². The van der Waals surface area contributed by atoms with Gasteiger partial charge in [0.1, 0.15) is 0 Å². The molecule has 1 aromatic rings. The fourth-order valence-electron chi connectivity index (χ4n) is 3.32. The summed E-state index contributed by atoms with van der Waals surface area (Å²) in [5.74, 6) is -0.307. The molecule has 0 spiro atoms. The number of carbonyl (C=O) groups is 2. The van der Waals surface area contributed by atoms with Crippen molar-refractivity contribution >= 4 is 23.2 Å². The minimum atomic E-state index is -0.153. The van der Waals surface area contributed by atoms with E-state index in [0.29, 0.717) is 9.75 Å². The molecule has 138 valence electrons. The van der Waals surface area contributed by atoms with E-state index >= 15 is 0 Å². The van der Waals surface area contributed by atoms with Gasteiger partial charge in [0.2, 0.25) is 0 Å². The molecule has 7 heteroatoms. The van der Waals surface area contributed by atoms with Gasteiger partial charge in [0.15, 0.2) is 0 Å². The summed E-state index contributed by atoms with van der Waals surface area (Å²) in [5.41, 5.74) is 0. The normalized spacial score (nSPS) is 25.5. The van der Waals surface area contributed by atoms with Gasteiger partial charge in [-0.3, -0.25) is 9.59 Å². The van der Waals surface area contributed by atoms with Crippen LogP contribution in [0.15, 0.2) is 12.1 Å². The first kappa shape index (κ1) is 18.4. The lowest BCUT2D eigenvalue weighted by atomic mass is 10.1. The summed E-state index contributed by atoms with van der Waals surface area (Å²) in [4.78, 5) is 25.8. The zero-order chi connectivity index (χ0) is 17.8. The van der Waals surface area contributed by atoms with Crippen LogP contribution in [-0.2, 0) is 9.47 Å². The number of hydrogen-bond acceptors (Lipinski definition) is 5. The Bertz CT molecular complexity index is 555. The van der Waals surface area contributed by atoms with Crippen LogP contribution >= 0.6 is 11.3 Å². The van der Waals surface area contributed by atoms with Crippen LogP contribution in [0.2, 0.25) is 0 Å². The maximum atomic E-state index is 12.4. The lowest BCUT2D eigenvalue weighted by Gasteiger charge is -2.19. The van der Waals surface area contributed by atoms with Crippen molar-refractivity contribution in [2.75, 3.05) is 13.2 Å². The molecule has 0 saturated carbocycles. The molecule has 25 heavy (non-hydrogen) atoms. The van der Waals surface area contributed by atoms with Gasteiger partial charge in [-0.2, -0.15) is 0 Å². The number of ether oxygens (including phenoxy) is 2. The molecule has 3 heterocycles. The molecule has 1 aromatic heterocycles. The van der Waals surface area contributed by atoms with Crippen molar-refractivity contribution in [2.24, 2.45) is 0 Å². The molecule has 2 aliphatic heterocycles. The van der Waals surface area contributed by atoms with E-state index in [1.807, 2.05) is 13.8 Å². The van der Waals surface area contributed by atoms with Gasteiger partial charge in [-0.25, -0.2) is 0 Å². The standard InChI is InChI=1S/C18H26N2O4S/c1-11(13-5-3-9-23-13)19-17(21)15-7-8-16(25-15)18(22)20-12(2)14-6-4-10-24-14/h7-8,11-14H,3-6,9-10H2,1-2H3,(H,19,21)(H,20,22)/t11-,12+,13+,14-. The van der Waals surface area contributed by atoms with Crippen molar-refractivity contribution in [3.8, 4) is 0 Å². The Morgan fingerprint density at radius 1 is 0.960 bits per heavy atom. The lowest BCUT2D eigenvalue weighted by molar-refractivity contribution is 0.0714. The predicted molar refractivity (Wildman–Crippen MR) is 96.1 cm³/mol. The van der Waals surface area contributed by atoms with Crippen LogP contribution in [0, 0.1) is 0 Å². The summed E-state index contributed by atoms with van der Waals surface area (Å²) in [5, 5.41) is 5.94. The summed E-state index contributed by atoms with van der Waals surface area (Å²) in [6, 6.07) is 3.34. The molecule has 3 rings (SSSR count). The molecular weight excluding hydrogens is 340 g/mol. The van der Waals surface area contributed by atoms with Crippen LogP contribution in [0.25, 0.3) is 0 Å². The highest BCUT2D eigenvalue weighted by Crippen LogP contribution is 2.20. The quantitative estimate of drug-likeness (QED) is 0.810. The minimum Gasteiger partial charge on any atom is -0.376 e. The summed E-state index contributed by atoms with van der Waals surface area (Å²) < 4.78 is 11.2. The number of nitrogens with one attached hydrogen (secondary N) is 2. The number of amides is 2. The van der Waals surface area contributed by atoms with Crippen molar-refractivity contribution < 1.29 is 19.1 Å². The monoisotopic (exact) mass is 366 g/mol. The van der Waals surface area contributed by atoms with Gasteiger partial charge < -0.3 is 20.1 Å². The van der Waals surface area contributed by atoms with Gasteiger partial charge >= 0.3 is 0 Å². The second-order valence-corrected chi connectivity index (χ2v) is 7.87. The molecule has 6 nitrogen and oxygen atoms in total. The SMILES string of the molecule is C[C@H](NC(=O)c1ccc(C(=O)N[C@H](C)[C@@H]2CCCO2)s1)[C@H]1CCCO1. The van der Waals surface area contributed by atoms with Crippen LogP contribution in [-0.4, -0.2) is 49.3 Å². The predicted octanol–water partition coefficient (Wildman–Crippen LogP) is 2.34. The zero-order valence-corrected chi connectivity index (χ0v) is 15.6. The smallest absolute Gasteiger partial charge is 0.261 e. The van der Waals surface area contributed by atoms with Crippen molar-refractivity contribution in [3.05, 3.63) is 21.9 Å². The second kappa shape index (κ2) is 8.29. The minimum absolute atomic E-state index is 0.0334. The second-order valence-electron chi connectivity index (χ2n) is 6.79. The summed E-state index contributed by atoms with van der Waals surface area (Å²) in [7, 11) is 0. The first-order valence-electron chi connectivity index (χ1n) is 8.99. The Kier molecular flexibility index (Phi) is 6.09. The summed E-state index contributed by atoms with van der Waals surface area (Å²) in [6.45, 7) is 5.44. The van der Waals surface area contributed by atoms with Gasteiger partial charge in [-0.15, -0.1) is 11.3 Å². The Morgan fingerprint density at radius 2 is 1.40 bits per heavy atom. The third-order valence-corrected chi connectivity index (χ3v) is 5.90. The maximum Gasteiger partial charge on any atom is 0.261 e. The van der Waals surface area contributed by atoms with E-state index in [-0.39, 0.29) is 36.1 Å². The Balaban J connectivity index is 1.53.